The summed E-state index contributed by atoms with van der Waals surface area (Å²) >= 11 is 3.61. The summed E-state index contributed by atoms with van der Waals surface area (Å²) in [6, 6.07) is 8.49. The van der Waals surface area contributed by atoms with E-state index in [1.807, 2.05) is 0 Å². The molecule has 0 radical (unpaired) electrons. The van der Waals surface area contributed by atoms with Crippen molar-refractivity contribution in [2.45, 2.75) is 33.7 Å². The highest BCUT2D eigenvalue weighted by Crippen LogP contribution is 2.18. The second kappa shape index (κ2) is 7.08. The monoisotopic (exact) mass is 283 g/mol. The van der Waals surface area contributed by atoms with Crippen LogP contribution >= 0.6 is 15.9 Å². The van der Waals surface area contributed by atoms with E-state index in [9.17, 15) is 0 Å². The van der Waals surface area contributed by atoms with Crippen LogP contribution in [-0.2, 0) is 6.54 Å². The number of halogens is 1. The Bertz CT molecular complexity index is 311. The van der Waals surface area contributed by atoms with E-state index in [0.29, 0.717) is 0 Å². The Balaban J connectivity index is 2.60. The van der Waals surface area contributed by atoms with Gasteiger partial charge < -0.3 is 0 Å². The van der Waals surface area contributed by atoms with Crippen molar-refractivity contribution in [3.63, 3.8) is 0 Å². The molecule has 1 nitrogen and oxygen atoms in total. The zero-order valence-electron chi connectivity index (χ0n) is 10.5. The molecule has 0 spiro atoms. The van der Waals surface area contributed by atoms with Gasteiger partial charge in [0.15, 0.2) is 0 Å². The van der Waals surface area contributed by atoms with Gasteiger partial charge in [-0.2, -0.15) is 0 Å². The van der Waals surface area contributed by atoms with Crippen LogP contribution in [0.1, 0.15) is 32.8 Å². The minimum Gasteiger partial charge on any atom is -0.299 e. The molecule has 90 valence electrons. The van der Waals surface area contributed by atoms with Crippen molar-refractivity contribution in [1.82, 2.24) is 4.90 Å². The zero-order valence-corrected chi connectivity index (χ0v) is 12.1. The predicted molar refractivity (Wildman–Crippen MR) is 74.5 cm³/mol. The Morgan fingerprint density at radius 2 is 1.94 bits per heavy atom. The van der Waals surface area contributed by atoms with Crippen molar-refractivity contribution in [2.24, 2.45) is 5.92 Å². The zero-order chi connectivity index (χ0) is 12.0. The summed E-state index contributed by atoms with van der Waals surface area (Å²) in [5.41, 5.74) is 1.38. The first kappa shape index (κ1) is 13.7. The topological polar surface area (TPSA) is 3.24 Å². The molecule has 0 N–H and O–H groups in total. The third kappa shape index (κ3) is 4.26. The van der Waals surface area contributed by atoms with E-state index < -0.39 is 0 Å². The summed E-state index contributed by atoms with van der Waals surface area (Å²) in [5.74, 6) is 0.780. The molecule has 1 aromatic rings. The summed E-state index contributed by atoms with van der Waals surface area (Å²) in [6.07, 6.45) is 1.26. The van der Waals surface area contributed by atoms with Crippen molar-refractivity contribution in [3.05, 3.63) is 34.3 Å². The number of benzene rings is 1. The van der Waals surface area contributed by atoms with E-state index in [-0.39, 0.29) is 0 Å². The Morgan fingerprint density at radius 1 is 1.25 bits per heavy atom. The summed E-state index contributed by atoms with van der Waals surface area (Å²) in [5, 5.41) is 0. The molecule has 0 heterocycles. The fourth-order valence-electron chi connectivity index (χ4n) is 1.74. The molecule has 0 aliphatic rings. The van der Waals surface area contributed by atoms with Crippen LogP contribution in [0, 0.1) is 5.92 Å². The standard InChI is InChI=1S/C14H22BrN/c1-4-12(3)10-16(5-2)11-13-8-6-7-9-14(13)15/h6-9,12H,4-5,10-11H2,1-3H3. The number of hydrogen-bond acceptors (Lipinski definition) is 1. The second-order valence-electron chi connectivity index (χ2n) is 4.43. The third-order valence-corrected chi connectivity index (χ3v) is 3.84. The first-order valence-corrected chi connectivity index (χ1v) is 6.92. The van der Waals surface area contributed by atoms with Crippen LogP contribution in [0.3, 0.4) is 0 Å². The molecular formula is C14H22BrN. The molecule has 0 fully saturated rings. The second-order valence-corrected chi connectivity index (χ2v) is 5.29. The number of nitrogens with zero attached hydrogens (tertiary/aromatic N) is 1. The van der Waals surface area contributed by atoms with E-state index in [2.05, 4.69) is 65.9 Å². The lowest BCUT2D eigenvalue weighted by atomic mass is 10.1. The van der Waals surface area contributed by atoms with Crippen molar-refractivity contribution >= 4 is 15.9 Å². The molecule has 2 heteroatoms. The van der Waals surface area contributed by atoms with Gasteiger partial charge in [-0.3, -0.25) is 4.90 Å². The quantitative estimate of drug-likeness (QED) is 0.752. The first-order valence-electron chi connectivity index (χ1n) is 6.13. The lowest BCUT2D eigenvalue weighted by Crippen LogP contribution is -2.27. The molecule has 1 aromatic carbocycles. The van der Waals surface area contributed by atoms with Crippen LogP contribution in [0.5, 0.6) is 0 Å². The van der Waals surface area contributed by atoms with Crippen LogP contribution in [0.25, 0.3) is 0 Å². The molecular weight excluding hydrogens is 262 g/mol. The fourth-order valence-corrected chi connectivity index (χ4v) is 2.15. The van der Waals surface area contributed by atoms with E-state index in [1.54, 1.807) is 0 Å². The van der Waals surface area contributed by atoms with E-state index in [1.165, 1.54) is 23.0 Å². The number of rotatable bonds is 6. The molecule has 0 saturated heterocycles. The van der Waals surface area contributed by atoms with Gasteiger partial charge in [-0.25, -0.2) is 0 Å². The highest BCUT2D eigenvalue weighted by atomic mass is 79.9. The lowest BCUT2D eigenvalue weighted by Gasteiger charge is -2.24. The van der Waals surface area contributed by atoms with Crippen molar-refractivity contribution in [3.8, 4) is 0 Å². The molecule has 16 heavy (non-hydrogen) atoms. The van der Waals surface area contributed by atoms with E-state index in [0.717, 1.165) is 19.0 Å². The van der Waals surface area contributed by atoms with Crippen molar-refractivity contribution < 1.29 is 0 Å². The van der Waals surface area contributed by atoms with E-state index >= 15 is 0 Å². The highest BCUT2D eigenvalue weighted by Gasteiger charge is 2.09. The Hall–Kier alpha value is -0.340. The molecule has 1 atom stereocenters. The maximum Gasteiger partial charge on any atom is 0.0244 e. The van der Waals surface area contributed by atoms with Crippen LogP contribution in [-0.4, -0.2) is 18.0 Å². The minimum absolute atomic E-state index is 0.780. The molecule has 0 amide bonds. The molecule has 0 aliphatic carbocycles. The van der Waals surface area contributed by atoms with Gasteiger partial charge in [0.2, 0.25) is 0 Å². The largest absolute Gasteiger partial charge is 0.299 e. The van der Waals surface area contributed by atoms with Gasteiger partial charge in [-0.15, -0.1) is 0 Å². The van der Waals surface area contributed by atoms with E-state index in [4.69, 9.17) is 0 Å². The molecule has 1 rings (SSSR count). The SMILES string of the molecule is CCC(C)CN(CC)Cc1ccccc1Br. The lowest BCUT2D eigenvalue weighted by molar-refractivity contribution is 0.237. The van der Waals surface area contributed by atoms with Gasteiger partial charge in [0.1, 0.15) is 0 Å². The predicted octanol–water partition coefficient (Wildman–Crippen LogP) is 4.32. The van der Waals surface area contributed by atoms with Crippen LogP contribution < -0.4 is 0 Å². The normalized spacial score (nSPS) is 13.1. The van der Waals surface area contributed by atoms with Gasteiger partial charge in [0, 0.05) is 17.6 Å². The smallest absolute Gasteiger partial charge is 0.0244 e. The molecule has 0 aromatic heterocycles. The van der Waals surface area contributed by atoms with Gasteiger partial charge in [0.05, 0.1) is 0 Å². The Kier molecular flexibility index (Phi) is 6.07. The van der Waals surface area contributed by atoms with Crippen LogP contribution in [0.2, 0.25) is 0 Å². The fraction of sp³-hybridized carbons (Fsp3) is 0.571. The maximum absolute atomic E-state index is 3.61. The average Bonchev–Trinajstić information content (AvgIpc) is 2.30. The van der Waals surface area contributed by atoms with Gasteiger partial charge >= 0.3 is 0 Å². The first-order chi connectivity index (χ1) is 7.67. The van der Waals surface area contributed by atoms with Crippen molar-refractivity contribution in [2.75, 3.05) is 13.1 Å². The molecule has 0 bridgehead atoms. The Morgan fingerprint density at radius 3 is 2.50 bits per heavy atom. The molecule has 0 saturated carbocycles. The average molecular weight is 284 g/mol. The summed E-state index contributed by atoms with van der Waals surface area (Å²) in [4.78, 5) is 2.51. The molecule has 0 aliphatic heterocycles. The third-order valence-electron chi connectivity index (χ3n) is 3.07. The summed E-state index contributed by atoms with van der Waals surface area (Å²) in [6.45, 7) is 10.2. The number of hydrogen-bond donors (Lipinski definition) is 0. The van der Waals surface area contributed by atoms with Crippen LogP contribution in [0.15, 0.2) is 28.7 Å². The van der Waals surface area contributed by atoms with Gasteiger partial charge in [0.25, 0.3) is 0 Å². The van der Waals surface area contributed by atoms with Gasteiger partial charge in [-0.1, -0.05) is 61.3 Å². The van der Waals surface area contributed by atoms with Gasteiger partial charge in [-0.05, 0) is 24.1 Å². The highest BCUT2D eigenvalue weighted by molar-refractivity contribution is 9.10. The van der Waals surface area contributed by atoms with Crippen molar-refractivity contribution in [1.29, 1.82) is 0 Å². The summed E-state index contributed by atoms with van der Waals surface area (Å²) < 4.78 is 1.22. The van der Waals surface area contributed by atoms with Crippen LogP contribution in [0.4, 0.5) is 0 Å². The minimum atomic E-state index is 0.780. The summed E-state index contributed by atoms with van der Waals surface area (Å²) in [7, 11) is 0. The molecule has 1 unspecified atom stereocenters. The Labute approximate surface area is 108 Å². The maximum atomic E-state index is 3.61.